The summed E-state index contributed by atoms with van der Waals surface area (Å²) < 4.78 is 0. The lowest BCUT2D eigenvalue weighted by molar-refractivity contribution is -0.148. The molecule has 80 valence electrons. The van der Waals surface area contributed by atoms with E-state index in [0.717, 1.165) is 11.0 Å². The second kappa shape index (κ2) is 4.04. The van der Waals surface area contributed by atoms with Gasteiger partial charge in [-0.25, -0.2) is 4.79 Å². The highest BCUT2D eigenvalue weighted by Gasteiger charge is 2.32. The highest BCUT2D eigenvalue weighted by atomic mass is 16.4. The Hall–Kier alpha value is -1.98. The maximum atomic E-state index is 11.4. The van der Waals surface area contributed by atoms with Crippen LogP contribution in [0.3, 0.4) is 0 Å². The average Bonchev–Trinajstić information content (AvgIpc) is 2.16. The van der Waals surface area contributed by atoms with Crippen LogP contribution in [-0.4, -0.2) is 40.1 Å². The second-order valence-corrected chi connectivity index (χ2v) is 3.13. The lowest BCUT2D eigenvalue weighted by Crippen LogP contribution is -2.46. The van der Waals surface area contributed by atoms with Gasteiger partial charge in [-0.15, -0.1) is 0 Å². The monoisotopic (exact) mass is 211 g/mol. The minimum atomic E-state index is -1.30. The first kappa shape index (κ1) is 11.1. The minimum absolute atomic E-state index is 0.251. The van der Waals surface area contributed by atoms with E-state index in [4.69, 9.17) is 5.11 Å². The van der Waals surface area contributed by atoms with Gasteiger partial charge in [0, 0.05) is 6.08 Å². The molecule has 1 N–H and O–H groups in total. The molecule has 1 rings (SSSR count). The van der Waals surface area contributed by atoms with Crippen LogP contribution < -0.4 is 0 Å². The summed E-state index contributed by atoms with van der Waals surface area (Å²) in [7, 11) is 0. The largest absolute Gasteiger partial charge is 0.478 e. The molecule has 0 spiro atoms. The first-order valence-electron chi connectivity index (χ1n) is 4.22. The van der Waals surface area contributed by atoms with Crippen LogP contribution in [0.25, 0.3) is 0 Å². The smallest absolute Gasteiger partial charge is 0.332 e. The number of carboxylic acids is 1. The van der Waals surface area contributed by atoms with Crippen molar-refractivity contribution in [2.24, 2.45) is 0 Å². The van der Waals surface area contributed by atoms with Gasteiger partial charge in [-0.2, -0.15) is 0 Å². The number of rotatable bonds is 3. The summed E-state index contributed by atoms with van der Waals surface area (Å²) in [6.07, 6.45) is 0.957. The Morgan fingerprint density at radius 2 is 2.20 bits per heavy atom. The van der Waals surface area contributed by atoms with Gasteiger partial charge in [0.15, 0.2) is 0 Å². The maximum Gasteiger partial charge on any atom is 0.332 e. The standard InChI is InChI=1S/C9H9NO5/c1-5(4-11)10-7(12)2-6(9(14)15)3-8(10)13/h2,4-5H,3H2,1H3,(H,14,15). The number of carboxylic acid groups (broad SMARTS) is 1. The second-order valence-electron chi connectivity index (χ2n) is 3.13. The molecule has 0 aromatic rings. The molecular weight excluding hydrogens is 202 g/mol. The van der Waals surface area contributed by atoms with Crippen LogP contribution in [0.2, 0.25) is 0 Å². The summed E-state index contributed by atoms with van der Waals surface area (Å²) in [4.78, 5) is 44.4. The number of hydrogen-bond acceptors (Lipinski definition) is 4. The van der Waals surface area contributed by atoms with Crippen LogP contribution in [0.4, 0.5) is 0 Å². The van der Waals surface area contributed by atoms with E-state index in [9.17, 15) is 19.2 Å². The molecular formula is C9H9NO5. The van der Waals surface area contributed by atoms with Crippen molar-refractivity contribution in [3.05, 3.63) is 11.6 Å². The summed E-state index contributed by atoms with van der Waals surface area (Å²) in [6.45, 7) is 1.39. The summed E-state index contributed by atoms with van der Waals surface area (Å²) in [5.74, 6) is -2.72. The molecule has 0 aliphatic carbocycles. The minimum Gasteiger partial charge on any atom is -0.478 e. The van der Waals surface area contributed by atoms with Gasteiger partial charge in [0.1, 0.15) is 6.29 Å². The van der Waals surface area contributed by atoms with E-state index in [0.29, 0.717) is 6.29 Å². The van der Waals surface area contributed by atoms with E-state index in [2.05, 4.69) is 0 Å². The maximum absolute atomic E-state index is 11.4. The number of nitrogens with zero attached hydrogens (tertiary/aromatic N) is 1. The molecule has 0 saturated heterocycles. The van der Waals surface area contributed by atoms with E-state index in [1.807, 2.05) is 0 Å². The molecule has 15 heavy (non-hydrogen) atoms. The van der Waals surface area contributed by atoms with Gasteiger partial charge in [-0.1, -0.05) is 0 Å². The molecule has 0 radical (unpaired) electrons. The van der Waals surface area contributed by atoms with Crippen molar-refractivity contribution in [3.63, 3.8) is 0 Å². The number of carbonyl (C=O) groups excluding carboxylic acids is 3. The van der Waals surface area contributed by atoms with E-state index in [1.165, 1.54) is 6.92 Å². The number of hydrogen-bond donors (Lipinski definition) is 1. The van der Waals surface area contributed by atoms with Crippen molar-refractivity contribution >= 4 is 24.1 Å². The van der Waals surface area contributed by atoms with Crippen LogP contribution >= 0.6 is 0 Å². The number of aliphatic carboxylic acids is 1. The van der Waals surface area contributed by atoms with Crippen LogP contribution in [0.1, 0.15) is 13.3 Å². The van der Waals surface area contributed by atoms with Crippen molar-refractivity contribution in [3.8, 4) is 0 Å². The van der Waals surface area contributed by atoms with Crippen molar-refractivity contribution < 1.29 is 24.3 Å². The summed E-state index contributed by atoms with van der Waals surface area (Å²) in [5.41, 5.74) is -0.251. The van der Waals surface area contributed by atoms with E-state index < -0.39 is 23.8 Å². The zero-order valence-corrected chi connectivity index (χ0v) is 7.97. The summed E-state index contributed by atoms with van der Waals surface area (Å²) >= 11 is 0. The lowest BCUT2D eigenvalue weighted by Gasteiger charge is -2.25. The Balaban J connectivity index is 3.00. The third kappa shape index (κ3) is 2.09. The van der Waals surface area contributed by atoms with Crippen molar-refractivity contribution in [2.75, 3.05) is 0 Å². The number of amides is 2. The quantitative estimate of drug-likeness (QED) is 0.494. The average molecular weight is 211 g/mol. The van der Waals surface area contributed by atoms with Gasteiger partial charge in [0.05, 0.1) is 18.0 Å². The Morgan fingerprint density at radius 1 is 1.60 bits per heavy atom. The van der Waals surface area contributed by atoms with Crippen LogP contribution in [-0.2, 0) is 19.2 Å². The van der Waals surface area contributed by atoms with Crippen molar-refractivity contribution in [2.45, 2.75) is 19.4 Å². The van der Waals surface area contributed by atoms with E-state index in [-0.39, 0.29) is 12.0 Å². The Morgan fingerprint density at radius 3 is 2.60 bits per heavy atom. The predicted octanol–water partition coefficient (Wildman–Crippen LogP) is -0.656. The van der Waals surface area contributed by atoms with E-state index in [1.54, 1.807) is 0 Å². The first-order valence-corrected chi connectivity index (χ1v) is 4.22. The lowest BCUT2D eigenvalue weighted by atomic mass is 10.1. The fraction of sp³-hybridized carbons (Fsp3) is 0.333. The number of imide groups is 1. The molecule has 1 unspecified atom stereocenters. The summed E-state index contributed by atoms with van der Waals surface area (Å²) in [6, 6.07) is -0.864. The van der Waals surface area contributed by atoms with Crippen LogP contribution in [0.5, 0.6) is 0 Å². The van der Waals surface area contributed by atoms with Crippen LogP contribution in [0, 0.1) is 0 Å². The molecule has 0 aromatic heterocycles. The molecule has 0 aromatic carbocycles. The Kier molecular flexibility index (Phi) is 2.99. The van der Waals surface area contributed by atoms with E-state index >= 15 is 0 Å². The number of carbonyl (C=O) groups is 4. The topological polar surface area (TPSA) is 91.8 Å². The van der Waals surface area contributed by atoms with Gasteiger partial charge >= 0.3 is 5.97 Å². The molecule has 1 heterocycles. The van der Waals surface area contributed by atoms with Gasteiger partial charge in [-0.3, -0.25) is 14.5 Å². The third-order valence-electron chi connectivity index (χ3n) is 2.02. The highest BCUT2D eigenvalue weighted by Crippen LogP contribution is 2.15. The van der Waals surface area contributed by atoms with Gasteiger partial charge in [-0.05, 0) is 6.92 Å². The molecule has 1 atom stereocenters. The zero-order valence-electron chi connectivity index (χ0n) is 7.97. The van der Waals surface area contributed by atoms with Crippen molar-refractivity contribution in [1.82, 2.24) is 4.90 Å². The van der Waals surface area contributed by atoms with Crippen LogP contribution in [0.15, 0.2) is 11.6 Å². The molecule has 6 heteroatoms. The highest BCUT2D eigenvalue weighted by molar-refractivity contribution is 6.12. The SMILES string of the molecule is CC(C=O)N1C(=O)C=C(C(=O)O)CC1=O. The fourth-order valence-corrected chi connectivity index (χ4v) is 1.27. The Bertz CT molecular complexity index is 371. The molecule has 1 aliphatic rings. The van der Waals surface area contributed by atoms with Gasteiger partial charge in [0.25, 0.3) is 5.91 Å². The zero-order chi connectivity index (χ0) is 11.6. The molecule has 1 aliphatic heterocycles. The normalized spacial score (nSPS) is 18.5. The summed E-state index contributed by atoms with van der Waals surface area (Å²) in [5, 5.41) is 8.60. The van der Waals surface area contributed by atoms with Crippen molar-refractivity contribution in [1.29, 1.82) is 0 Å². The molecule has 0 bridgehead atoms. The molecule has 2 amide bonds. The third-order valence-corrected chi connectivity index (χ3v) is 2.02. The molecule has 6 nitrogen and oxygen atoms in total. The number of aldehydes is 1. The fourth-order valence-electron chi connectivity index (χ4n) is 1.27. The molecule has 0 fully saturated rings. The first-order chi connectivity index (χ1) is 6.97. The molecule has 0 saturated carbocycles. The van der Waals surface area contributed by atoms with Gasteiger partial charge in [0.2, 0.25) is 5.91 Å². The van der Waals surface area contributed by atoms with Gasteiger partial charge < -0.3 is 9.90 Å². The predicted molar refractivity (Wildman–Crippen MR) is 47.7 cm³/mol. The Labute approximate surface area is 85.2 Å².